The highest BCUT2D eigenvalue weighted by Gasteiger charge is 2.32. The molecule has 2 aromatic heterocycles. The topological polar surface area (TPSA) is 88.9 Å². The van der Waals surface area contributed by atoms with Gasteiger partial charge in [0.2, 0.25) is 5.88 Å². The monoisotopic (exact) mass is 369 g/mol. The molecule has 0 saturated heterocycles. The van der Waals surface area contributed by atoms with Crippen molar-refractivity contribution in [1.29, 1.82) is 0 Å². The minimum atomic E-state index is -4.64. The summed E-state index contributed by atoms with van der Waals surface area (Å²) < 4.78 is 49.0. The van der Waals surface area contributed by atoms with E-state index < -0.39 is 29.6 Å². The summed E-state index contributed by atoms with van der Waals surface area (Å²) in [7, 11) is 2.93. The molecule has 3 rings (SSSR count). The van der Waals surface area contributed by atoms with Gasteiger partial charge in [-0.25, -0.2) is 0 Å². The lowest BCUT2D eigenvalue weighted by Crippen LogP contribution is -2.22. The molecule has 0 fully saturated rings. The molecule has 138 valence electrons. The predicted molar refractivity (Wildman–Crippen MR) is 85.8 cm³/mol. The van der Waals surface area contributed by atoms with Crippen LogP contribution in [-0.4, -0.2) is 40.1 Å². The van der Waals surface area contributed by atoms with Crippen LogP contribution in [-0.2, 0) is 6.42 Å². The van der Waals surface area contributed by atoms with Gasteiger partial charge in [-0.2, -0.15) is 22.8 Å². The van der Waals surface area contributed by atoms with Crippen LogP contribution in [0.2, 0.25) is 0 Å². The number of nitrogens with one attached hydrogen (secondary N) is 1. The lowest BCUT2D eigenvalue weighted by Gasteiger charge is -2.10. The number of ether oxygens (including phenoxy) is 2. The van der Waals surface area contributed by atoms with Gasteiger partial charge in [-0.3, -0.25) is 4.79 Å². The second kappa shape index (κ2) is 6.28. The molecule has 0 saturated carbocycles. The molecule has 2 heterocycles. The molecule has 10 heteroatoms. The number of aromatic hydroxyl groups is 1. The summed E-state index contributed by atoms with van der Waals surface area (Å²) in [5.41, 5.74) is -0.805. The Bertz CT molecular complexity index is 1020. The molecule has 2 N–H and O–H groups in total. The van der Waals surface area contributed by atoms with E-state index in [1.54, 1.807) is 18.2 Å². The molecule has 0 atom stereocenters. The molecule has 3 aromatic rings. The van der Waals surface area contributed by atoms with Crippen molar-refractivity contribution in [3.8, 4) is 28.5 Å². The van der Waals surface area contributed by atoms with Crippen LogP contribution in [0.1, 0.15) is 5.56 Å². The van der Waals surface area contributed by atoms with Gasteiger partial charge in [-0.05, 0) is 17.7 Å². The fourth-order valence-corrected chi connectivity index (χ4v) is 2.62. The minimum absolute atomic E-state index is 0.0608. The molecule has 0 spiro atoms. The summed E-state index contributed by atoms with van der Waals surface area (Å²) in [5, 5.41) is 14.0. The SMILES string of the molecule is COc1ccc(-c2cnn3c(O)c(CC(F)(F)F)c(=O)[nH]c23)cc1OC. The normalized spacial score (nSPS) is 11.7. The molecule has 1 aromatic carbocycles. The Balaban J connectivity index is 2.17. The van der Waals surface area contributed by atoms with Crippen molar-refractivity contribution in [2.45, 2.75) is 12.6 Å². The maximum Gasteiger partial charge on any atom is 0.393 e. The molecule has 0 aliphatic carbocycles. The summed E-state index contributed by atoms with van der Waals surface area (Å²) in [5.74, 6) is 0.0499. The number of hydrogen-bond donors (Lipinski definition) is 2. The third-order valence-electron chi connectivity index (χ3n) is 3.82. The van der Waals surface area contributed by atoms with Gasteiger partial charge in [-0.15, -0.1) is 0 Å². The van der Waals surface area contributed by atoms with E-state index >= 15 is 0 Å². The molecule has 0 unspecified atom stereocenters. The molecule has 0 aliphatic heterocycles. The summed E-state index contributed by atoms with van der Waals surface area (Å²) >= 11 is 0. The van der Waals surface area contributed by atoms with Gasteiger partial charge in [-0.1, -0.05) is 6.07 Å². The Morgan fingerprint density at radius 1 is 1.23 bits per heavy atom. The first-order chi connectivity index (χ1) is 12.2. The molecule has 26 heavy (non-hydrogen) atoms. The first-order valence-corrected chi connectivity index (χ1v) is 7.36. The number of benzene rings is 1. The van der Waals surface area contributed by atoms with Crippen molar-refractivity contribution >= 4 is 5.65 Å². The number of alkyl halides is 3. The first-order valence-electron chi connectivity index (χ1n) is 7.36. The van der Waals surface area contributed by atoms with E-state index in [9.17, 15) is 23.1 Å². The second-order valence-corrected chi connectivity index (χ2v) is 5.44. The van der Waals surface area contributed by atoms with Gasteiger partial charge in [0.15, 0.2) is 11.5 Å². The maximum absolute atomic E-state index is 12.6. The molecule has 7 nitrogen and oxygen atoms in total. The van der Waals surface area contributed by atoms with E-state index in [1.165, 1.54) is 20.4 Å². The van der Waals surface area contributed by atoms with Gasteiger partial charge < -0.3 is 19.6 Å². The van der Waals surface area contributed by atoms with Crippen LogP contribution >= 0.6 is 0 Å². The standard InChI is InChI=1S/C16H14F3N3O4/c1-25-11-4-3-8(5-12(11)26-2)10-7-20-22-13(10)21-14(23)9(15(22)24)6-16(17,18)19/h3-5,7,24H,6H2,1-2H3,(H,21,23). The highest BCUT2D eigenvalue weighted by atomic mass is 19.4. The van der Waals surface area contributed by atoms with E-state index in [2.05, 4.69) is 10.1 Å². The molecule has 0 radical (unpaired) electrons. The second-order valence-electron chi connectivity index (χ2n) is 5.44. The maximum atomic E-state index is 12.6. The average Bonchev–Trinajstić information content (AvgIpc) is 3.00. The Labute approximate surface area is 144 Å². The Morgan fingerprint density at radius 3 is 2.54 bits per heavy atom. The van der Waals surface area contributed by atoms with Crippen LogP contribution in [0.5, 0.6) is 17.4 Å². The largest absolute Gasteiger partial charge is 0.493 e. The van der Waals surface area contributed by atoms with E-state index in [0.29, 0.717) is 22.6 Å². The number of H-pyrrole nitrogens is 1. The summed E-state index contributed by atoms with van der Waals surface area (Å²) in [6.45, 7) is 0. The van der Waals surface area contributed by atoms with Gasteiger partial charge in [0.1, 0.15) is 5.65 Å². The van der Waals surface area contributed by atoms with Gasteiger partial charge in [0.25, 0.3) is 5.56 Å². The molecular weight excluding hydrogens is 355 g/mol. The van der Waals surface area contributed by atoms with Crippen LogP contribution < -0.4 is 15.0 Å². The lowest BCUT2D eigenvalue weighted by molar-refractivity contribution is -0.127. The van der Waals surface area contributed by atoms with E-state index in [0.717, 1.165) is 4.52 Å². The summed E-state index contributed by atoms with van der Waals surface area (Å²) in [6.07, 6.45) is -4.88. The third-order valence-corrected chi connectivity index (χ3v) is 3.82. The van der Waals surface area contributed by atoms with E-state index in [1.807, 2.05) is 0 Å². The lowest BCUT2D eigenvalue weighted by atomic mass is 10.1. The number of hydrogen-bond acceptors (Lipinski definition) is 5. The fourth-order valence-electron chi connectivity index (χ4n) is 2.62. The number of methoxy groups -OCH3 is 2. The predicted octanol–water partition coefficient (Wildman–Crippen LogP) is 2.52. The van der Waals surface area contributed by atoms with E-state index in [-0.39, 0.29) is 5.65 Å². The highest BCUT2D eigenvalue weighted by Crippen LogP contribution is 2.34. The Kier molecular flexibility index (Phi) is 4.26. The molecule has 0 bridgehead atoms. The number of halogens is 3. The molecule has 0 amide bonds. The van der Waals surface area contributed by atoms with Gasteiger partial charge in [0, 0.05) is 5.56 Å². The van der Waals surface area contributed by atoms with Crippen LogP contribution in [0.25, 0.3) is 16.8 Å². The number of nitrogens with zero attached hydrogens (tertiary/aromatic N) is 2. The van der Waals surface area contributed by atoms with Crippen LogP contribution in [0.3, 0.4) is 0 Å². The molecular formula is C16H14F3N3O4. The van der Waals surface area contributed by atoms with Crippen LogP contribution in [0, 0.1) is 0 Å². The van der Waals surface area contributed by atoms with Gasteiger partial charge in [0.05, 0.1) is 32.4 Å². The zero-order valence-corrected chi connectivity index (χ0v) is 13.7. The van der Waals surface area contributed by atoms with Crippen molar-refractivity contribution in [1.82, 2.24) is 14.6 Å². The van der Waals surface area contributed by atoms with Crippen molar-refractivity contribution < 1.29 is 27.8 Å². The third kappa shape index (κ3) is 3.05. The number of fused-ring (bicyclic) bond motifs is 1. The number of aromatic amines is 1. The first kappa shape index (κ1) is 17.6. The fraction of sp³-hybridized carbons (Fsp3) is 0.250. The minimum Gasteiger partial charge on any atom is -0.493 e. The van der Waals surface area contributed by atoms with E-state index in [4.69, 9.17) is 9.47 Å². The Hall–Kier alpha value is -3.17. The van der Waals surface area contributed by atoms with Crippen molar-refractivity contribution in [2.75, 3.05) is 14.2 Å². The number of rotatable bonds is 4. The summed E-state index contributed by atoms with van der Waals surface area (Å²) in [6, 6.07) is 4.92. The van der Waals surface area contributed by atoms with Crippen molar-refractivity contribution in [3.05, 3.63) is 40.3 Å². The average molecular weight is 369 g/mol. The zero-order valence-electron chi connectivity index (χ0n) is 13.7. The number of aromatic nitrogens is 3. The zero-order chi connectivity index (χ0) is 19.1. The Morgan fingerprint density at radius 2 is 1.92 bits per heavy atom. The van der Waals surface area contributed by atoms with Gasteiger partial charge >= 0.3 is 6.18 Å². The van der Waals surface area contributed by atoms with Crippen LogP contribution in [0.4, 0.5) is 13.2 Å². The van der Waals surface area contributed by atoms with Crippen LogP contribution in [0.15, 0.2) is 29.2 Å². The summed E-state index contributed by atoms with van der Waals surface area (Å²) in [4.78, 5) is 14.4. The highest BCUT2D eigenvalue weighted by molar-refractivity contribution is 5.79. The quantitative estimate of drug-likeness (QED) is 0.738. The van der Waals surface area contributed by atoms with Crippen molar-refractivity contribution in [2.24, 2.45) is 0 Å². The molecule has 0 aliphatic rings. The smallest absolute Gasteiger partial charge is 0.393 e. The van der Waals surface area contributed by atoms with Crippen molar-refractivity contribution in [3.63, 3.8) is 0 Å².